The third kappa shape index (κ3) is 3.60. The summed E-state index contributed by atoms with van der Waals surface area (Å²) in [6.07, 6.45) is 4.60. The Balaban J connectivity index is 1.94. The van der Waals surface area contributed by atoms with E-state index in [9.17, 15) is 4.79 Å². The monoisotopic (exact) mass is 240 g/mol. The summed E-state index contributed by atoms with van der Waals surface area (Å²) in [5.74, 6) is 0. The second-order valence-electron chi connectivity index (χ2n) is 6.21. The lowest BCUT2D eigenvalue weighted by Gasteiger charge is -2.30. The third-order valence-electron chi connectivity index (χ3n) is 3.42. The lowest BCUT2D eigenvalue weighted by molar-refractivity contribution is 0.0246. The van der Waals surface area contributed by atoms with Crippen LogP contribution in [0.4, 0.5) is 4.79 Å². The highest BCUT2D eigenvalue weighted by atomic mass is 16.6. The molecule has 98 valence electrons. The smallest absolute Gasteiger partial charge is 0.410 e. The summed E-state index contributed by atoms with van der Waals surface area (Å²) in [7, 11) is 0. The highest BCUT2D eigenvalue weighted by Gasteiger charge is 2.31. The van der Waals surface area contributed by atoms with Crippen molar-refractivity contribution in [1.29, 1.82) is 0 Å². The number of amides is 1. The maximum absolute atomic E-state index is 12.0. The van der Waals surface area contributed by atoms with E-state index in [1.54, 1.807) is 0 Å². The van der Waals surface area contributed by atoms with E-state index in [2.05, 4.69) is 5.32 Å². The zero-order chi connectivity index (χ0) is 12.5. The minimum Gasteiger partial charge on any atom is -0.444 e. The summed E-state index contributed by atoms with van der Waals surface area (Å²) in [4.78, 5) is 13.9. The van der Waals surface area contributed by atoms with E-state index < -0.39 is 5.60 Å². The number of nitrogens with zero attached hydrogens (tertiary/aromatic N) is 1. The maximum atomic E-state index is 12.0. The van der Waals surface area contributed by atoms with Crippen molar-refractivity contribution in [2.75, 3.05) is 13.1 Å². The van der Waals surface area contributed by atoms with Crippen molar-refractivity contribution in [2.45, 2.75) is 64.1 Å². The van der Waals surface area contributed by atoms with Crippen LogP contribution in [-0.4, -0.2) is 41.8 Å². The zero-order valence-corrected chi connectivity index (χ0v) is 11.2. The van der Waals surface area contributed by atoms with Crippen LogP contribution >= 0.6 is 0 Å². The molecule has 2 unspecified atom stereocenters. The quantitative estimate of drug-likeness (QED) is 0.705. The first-order valence-electron chi connectivity index (χ1n) is 6.68. The second kappa shape index (κ2) is 4.84. The Bertz CT molecular complexity index is 286. The fourth-order valence-electron chi connectivity index (χ4n) is 2.64. The van der Waals surface area contributed by atoms with Gasteiger partial charge in [0.2, 0.25) is 0 Å². The number of rotatable bonds is 0. The molecule has 2 bridgehead atoms. The van der Waals surface area contributed by atoms with Crippen LogP contribution in [0.3, 0.4) is 0 Å². The number of nitrogens with one attached hydrogen (secondary N) is 1. The molecule has 2 saturated heterocycles. The SMILES string of the molecule is CC(C)(C)OC(=O)N1CCC2CCCC(C1)N2. The molecule has 0 spiro atoms. The standard InChI is InChI=1S/C13H24N2O2/c1-13(2,3)17-12(16)15-8-7-10-5-4-6-11(9-15)14-10/h10-11,14H,4-9H2,1-3H3. The minimum atomic E-state index is -0.397. The van der Waals surface area contributed by atoms with Crippen molar-refractivity contribution >= 4 is 6.09 Å². The van der Waals surface area contributed by atoms with E-state index in [1.165, 1.54) is 19.3 Å². The Morgan fingerprint density at radius 1 is 1.24 bits per heavy atom. The molecule has 0 aromatic heterocycles. The largest absolute Gasteiger partial charge is 0.444 e. The molecule has 2 rings (SSSR count). The number of hydrogen-bond donors (Lipinski definition) is 1. The molecule has 2 atom stereocenters. The van der Waals surface area contributed by atoms with Gasteiger partial charge in [0.1, 0.15) is 5.60 Å². The van der Waals surface area contributed by atoms with Gasteiger partial charge in [0.15, 0.2) is 0 Å². The van der Waals surface area contributed by atoms with Gasteiger partial charge in [-0.25, -0.2) is 4.79 Å². The Hall–Kier alpha value is -0.770. The highest BCUT2D eigenvalue weighted by molar-refractivity contribution is 5.68. The lowest BCUT2D eigenvalue weighted by Crippen LogP contribution is -2.45. The first-order chi connectivity index (χ1) is 7.94. The first-order valence-corrected chi connectivity index (χ1v) is 6.68. The predicted molar refractivity (Wildman–Crippen MR) is 67.0 cm³/mol. The number of carbonyl (C=O) groups excluding carboxylic acids is 1. The Labute approximate surface area is 104 Å². The topological polar surface area (TPSA) is 41.6 Å². The van der Waals surface area contributed by atoms with Gasteiger partial charge in [-0.1, -0.05) is 6.42 Å². The molecular weight excluding hydrogens is 216 g/mol. The van der Waals surface area contributed by atoms with Crippen LogP contribution in [0.25, 0.3) is 0 Å². The van der Waals surface area contributed by atoms with Crippen LogP contribution in [0.2, 0.25) is 0 Å². The van der Waals surface area contributed by atoms with Crippen molar-refractivity contribution in [3.63, 3.8) is 0 Å². The van der Waals surface area contributed by atoms with E-state index in [4.69, 9.17) is 4.74 Å². The normalized spacial score (nSPS) is 29.7. The molecule has 0 aromatic rings. The van der Waals surface area contributed by atoms with Crippen LogP contribution < -0.4 is 5.32 Å². The van der Waals surface area contributed by atoms with E-state index >= 15 is 0 Å². The summed E-state index contributed by atoms with van der Waals surface area (Å²) < 4.78 is 5.44. The summed E-state index contributed by atoms with van der Waals surface area (Å²) >= 11 is 0. The van der Waals surface area contributed by atoms with E-state index in [-0.39, 0.29) is 6.09 Å². The minimum absolute atomic E-state index is 0.160. The molecule has 2 aliphatic heterocycles. The van der Waals surface area contributed by atoms with E-state index in [0.29, 0.717) is 12.1 Å². The predicted octanol–water partition coefficient (Wildman–Crippen LogP) is 2.14. The molecule has 1 amide bonds. The maximum Gasteiger partial charge on any atom is 0.410 e. The number of carbonyl (C=O) groups is 1. The van der Waals surface area contributed by atoms with Crippen LogP contribution in [0, 0.1) is 0 Å². The number of fused-ring (bicyclic) bond motifs is 2. The first kappa shape index (κ1) is 12.7. The summed E-state index contributed by atoms with van der Waals surface area (Å²) in [5, 5.41) is 3.61. The molecule has 0 aromatic carbocycles. The number of hydrogen-bond acceptors (Lipinski definition) is 3. The number of piperidine rings is 1. The molecule has 17 heavy (non-hydrogen) atoms. The lowest BCUT2D eigenvalue weighted by atomic mass is 9.98. The molecule has 2 fully saturated rings. The fraction of sp³-hybridized carbons (Fsp3) is 0.923. The molecule has 4 heteroatoms. The summed E-state index contributed by atoms with van der Waals surface area (Å²) in [6, 6.07) is 1.06. The van der Waals surface area contributed by atoms with Crippen molar-refractivity contribution in [3.8, 4) is 0 Å². The van der Waals surface area contributed by atoms with Crippen LogP contribution in [0.5, 0.6) is 0 Å². The molecular formula is C13H24N2O2. The van der Waals surface area contributed by atoms with Gasteiger partial charge in [0.05, 0.1) is 0 Å². The van der Waals surface area contributed by atoms with Crippen molar-refractivity contribution in [2.24, 2.45) is 0 Å². The molecule has 0 aliphatic carbocycles. The molecule has 2 heterocycles. The van der Waals surface area contributed by atoms with Crippen LogP contribution in [0.15, 0.2) is 0 Å². The Morgan fingerprint density at radius 2 is 1.94 bits per heavy atom. The van der Waals surface area contributed by atoms with E-state index in [0.717, 1.165) is 19.5 Å². The summed E-state index contributed by atoms with van der Waals surface area (Å²) in [5.41, 5.74) is -0.397. The highest BCUT2D eigenvalue weighted by Crippen LogP contribution is 2.21. The molecule has 0 saturated carbocycles. The van der Waals surface area contributed by atoms with Gasteiger partial charge in [0.25, 0.3) is 0 Å². The molecule has 1 N–H and O–H groups in total. The van der Waals surface area contributed by atoms with Crippen LogP contribution in [-0.2, 0) is 4.74 Å². The van der Waals surface area contributed by atoms with Crippen LogP contribution in [0.1, 0.15) is 46.5 Å². The Morgan fingerprint density at radius 3 is 2.65 bits per heavy atom. The second-order valence-corrected chi connectivity index (χ2v) is 6.21. The van der Waals surface area contributed by atoms with Crippen molar-refractivity contribution < 1.29 is 9.53 Å². The molecule has 4 nitrogen and oxygen atoms in total. The van der Waals surface area contributed by atoms with Gasteiger partial charge < -0.3 is 15.0 Å². The van der Waals surface area contributed by atoms with Gasteiger partial charge in [0, 0.05) is 25.2 Å². The Kier molecular flexibility index (Phi) is 3.61. The molecule has 2 aliphatic rings. The van der Waals surface area contributed by atoms with E-state index in [1.807, 2.05) is 25.7 Å². The fourth-order valence-corrected chi connectivity index (χ4v) is 2.64. The van der Waals surface area contributed by atoms with Gasteiger partial charge in [-0.15, -0.1) is 0 Å². The van der Waals surface area contributed by atoms with Gasteiger partial charge in [-0.2, -0.15) is 0 Å². The van der Waals surface area contributed by atoms with Gasteiger partial charge in [-0.3, -0.25) is 0 Å². The number of ether oxygens (including phenoxy) is 1. The third-order valence-corrected chi connectivity index (χ3v) is 3.42. The van der Waals surface area contributed by atoms with Gasteiger partial charge in [-0.05, 0) is 40.0 Å². The van der Waals surface area contributed by atoms with Crippen molar-refractivity contribution in [3.05, 3.63) is 0 Å². The molecule has 0 radical (unpaired) electrons. The van der Waals surface area contributed by atoms with Gasteiger partial charge >= 0.3 is 6.09 Å². The zero-order valence-electron chi connectivity index (χ0n) is 11.2. The average Bonchev–Trinajstić information content (AvgIpc) is 2.35. The average molecular weight is 240 g/mol. The van der Waals surface area contributed by atoms with Crippen molar-refractivity contribution in [1.82, 2.24) is 10.2 Å². The summed E-state index contributed by atoms with van der Waals surface area (Å²) in [6.45, 7) is 7.37.